The van der Waals surface area contributed by atoms with Crippen LogP contribution < -0.4 is 15.8 Å². The third-order valence-corrected chi connectivity index (χ3v) is 7.30. The van der Waals surface area contributed by atoms with Gasteiger partial charge in [0.05, 0.1) is 11.0 Å². The van der Waals surface area contributed by atoms with Gasteiger partial charge in [-0.1, -0.05) is 26.2 Å². The fourth-order valence-electron chi connectivity index (χ4n) is 4.41. The van der Waals surface area contributed by atoms with Crippen molar-refractivity contribution in [1.29, 1.82) is 0 Å². The summed E-state index contributed by atoms with van der Waals surface area (Å²) in [6.07, 6.45) is 11.5. The van der Waals surface area contributed by atoms with E-state index in [1.54, 1.807) is 18.3 Å². The van der Waals surface area contributed by atoms with Crippen molar-refractivity contribution in [2.24, 2.45) is 11.1 Å². The Morgan fingerprint density at radius 2 is 1.85 bits per heavy atom. The first kappa shape index (κ1) is 25.4. The summed E-state index contributed by atoms with van der Waals surface area (Å²) < 4.78 is 22.8. The number of anilines is 3. The zero-order chi connectivity index (χ0) is 23.8. The Labute approximate surface area is 197 Å². The lowest BCUT2D eigenvalue weighted by Gasteiger charge is -2.30. The van der Waals surface area contributed by atoms with Crippen LogP contribution in [0.15, 0.2) is 35.4 Å². The van der Waals surface area contributed by atoms with Gasteiger partial charge < -0.3 is 15.7 Å². The van der Waals surface area contributed by atoms with E-state index in [1.165, 1.54) is 31.4 Å². The van der Waals surface area contributed by atoms with Crippen LogP contribution in [0.3, 0.4) is 0 Å². The number of hydrogen-bond acceptors (Lipinski definition) is 7. The molecule has 1 saturated carbocycles. The zero-order valence-corrected chi connectivity index (χ0v) is 20.4. The van der Waals surface area contributed by atoms with E-state index in [0.717, 1.165) is 55.8 Å². The molecule has 3 rings (SSSR count). The average Bonchev–Trinajstić information content (AvgIpc) is 2.77. The molecular weight excluding hydrogens is 438 g/mol. The van der Waals surface area contributed by atoms with Crippen molar-refractivity contribution in [3.05, 3.63) is 36.0 Å². The predicted molar refractivity (Wildman–Crippen MR) is 132 cm³/mol. The monoisotopic (exact) mass is 475 g/mol. The summed E-state index contributed by atoms with van der Waals surface area (Å²) in [6, 6.07) is 6.57. The van der Waals surface area contributed by atoms with Gasteiger partial charge in [-0.2, -0.15) is 4.98 Å². The lowest BCUT2D eigenvalue weighted by Crippen LogP contribution is -2.27. The van der Waals surface area contributed by atoms with Crippen molar-refractivity contribution in [1.82, 2.24) is 9.97 Å². The Balaban J connectivity index is 1.50. The predicted octanol–water partition coefficient (Wildman–Crippen LogP) is 4.48. The highest BCUT2D eigenvalue weighted by molar-refractivity contribution is 7.89. The summed E-state index contributed by atoms with van der Waals surface area (Å²) in [5.74, 6) is 2.02. The van der Waals surface area contributed by atoms with Crippen LogP contribution in [0.25, 0.3) is 0 Å². The smallest absolute Gasteiger partial charge is 0.238 e. The molecule has 1 aliphatic carbocycles. The van der Waals surface area contributed by atoms with E-state index < -0.39 is 10.0 Å². The first-order valence-corrected chi connectivity index (χ1v) is 13.5. The van der Waals surface area contributed by atoms with E-state index in [2.05, 4.69) is 27.5 Å². The second-order valence-electron chi connectivity index (χ2n) is 9.16. The number of nitrogens with zero attached hydrogens (tertiary/aromatic N) is 2. The third kappa shape index (κ3) is 7.94. The number of primary sulfonamides is 1. The molecule has 8 nitrogen and oxygen atoms in total. The van der Waals surface area contributed by atoms with Crippen molar-refractivity contribution in [2.45, 2.75) is 88.7 Å². The van der Waals surface area contributed by atoms with Crippen LogP contribution in [0.2, 0.25) is 0 Å². The Morgan fingerprint density at radius 3 is 2.48 bits per heavy atom. The number of aryl methyl sites for hydroxylation is 1. The molecule has 9 heteroatoms. The molecule has 0 spiro atoms. The van der Waals surface area contributed by atoms with Crippen LogP contribution in [0.5, 0.6) is 0 Å². The quantitative estimate of drug-likeness (QED) is 0.377. The number of nitrogens with two attached hydrogens (primary N) is 1. The van der Waals surface area contributed by atoms with E-state index in [0.29, 0.717) is 17.7 Å². The van der Waals surface area contributed by atoms with E-state index in [-0.39, 0.29) is 11.0 Å². The highest BCUT2D eigenvalue weighted by Crippen LogP contribution is 2.31. The number of hydrogen-bond donors (Lipinski definition) is 4. The van der Waals surface area contributed by atoms with Gasteiger partial charge in [0.25, 0.3) is 0 Å². The molecule has 182 valence electrons. The molecule has 33 heavy (non-hydrogen) atoms. The molecule has 0 bridgehead atoms. The van der Waals surface area contributed by atoms with Crippen molar-refractivity contribution in [3.63, 3.8) is 0 Å². The second kappa shape index (κ2) is 11.8. The van der Waals surface area contributed by atoms with Gasteiger partial charge in [-0.3, -0.25) is 0 Å². The molecule has 1 aromatic heterocycles. The summed E-state index contributed by atoms with van der Waals surface area (Å²) in [7, 11) is -3.72. The topological polar surface area (TPSA) is 130 Å². The number of benzene rings is 1. The molecule has 0 saturated heterocycles. The molecule has 2 aromatic rings. The summed E-state index contributed by atoms with van der Waals surface area (Å²) in [5, 5.41) is 21.8. The van der Waals surface area contributed by atoms with Gasteiger partial charge >= 0.3 is 0 Å². The number of rotatable bonds is 11. The lowest BCUT2D eigenvalue weighted by molar-refractivity contribution is 0.146. The Kier molecular flexibility index (Phi) is 9.05. The van der Waals surface area contributed by atoms with Crippen LogP contribution in [0.1, 0.15) is 70.3 Å². The minimum Gasteiger partial charge on any atom is -0.393 e. The van der Waals surface area contributed by atoms with Crippen molar-refractivity contribution < 1.29 is 13.5 Å². The maximum atomic E-state index is 11.4. The Bertz CT molecular complexity index is 990. The van der Waals surface area contributed by atoms with Gasteiger partial charge in [0.1, 0.15) is 5.82 Å². The van der Waals surface area contributed by atoms with Gasteiger partial charge in [-0.15, -0.1) is 0 Å². The number of aliphatic hydroxyl groups is 1. The van der Waals surface area contributed by atoms with E-state index in [4.69, 9.17) is 5.14 Å². The van der Waals surface area contributed by atoms with Crippen molar-refractivity contribution >= 4 is 27.5 Å². The SMILES string of the molecule is CCCC(O)CCCC1CCC(Nc2nc(Nc3ccc(S(N)(=O)=O)cc3)ncc2C)CC1. The van der Waals surface area contributed by atoms with Crippen LogP contribution in [-0.4, -0.2) is 35.6 Å². The highest BCUT2D eigenvalue weighted by Gasteiger charge is 2.22. The minimum atomic E-state index is -3.72. The van der Waals surface area contributed by atoms with Crippen molar-refractivity contribution in [2.75, 3.05) is 10.6 Å². The van der Waals surface area contributed by atoms with Crippen LogP contribution in [-0.2, 0) is 10.0 Å². The average molecular weight is 476 g/mol. The fraction of sp³-hybridized carbons (Fsp3) is 0.583. The molecule has 1 fully saturated rings. The van der Waals surface area contributed by atoms with E-state index in [1.807, 2.05) is 6.92 Å². The van der Waals surface area contributed by atoms with Crippen LogP contribution >= 0.6 is 0 Å². The summed E-state index contributed by atoms with van der Waals surface area (Å²) in [6.45, 7) is 4.10. The summed E-state index contributed by atoms with van der Waals surface area (Å²) in [4.78, 5) is 9.04. The molecule has 1 atom stereocenters. The largest absolute Gasteiger partial charge is 0.393 e. The third-order valence-electron chi connectivity index (χ3n) is 6.37. The molecule has 0 radical (unpaired) electrons. The minimum absolute atomic E-state index is 0.0629. The summed E-state index contributed by atoms with van der Waals surface area (Å²) in [5.41, 5.74) is 1.67. The van der Waals surface area contributed by atoms with Gasteiger partial charge in [-0.25, -0.2) is 18.5 Å². The molecule has 5 N–H and O–H groups in total. The molecule has 1 aromatic carbocycles. The van der Waals surface area contributed by atoms with Crippen LogP contribution in [0, 0.1) is 12.8 Å². The fourth-order valence-corrected chi connectivity index (χ4v) is 4.93. The van der Waals surface area contributed by atoms with Gasteiger partial charge in [0.15, 0.2) is 0 Å². The van der Waals surface area contributed by atoms with Gasteiger partial charge in [-0.05, 0) is 75.6 Å². The Morgan fingerprint density at radius 1 is 1.15 bits per heavy atom. The van der Waals surface area contributed by atoms with Gasteiger partial charge in [0, 0.05) is 23.5 Å². The number of sulfonamides is 1. The normalized spacial score (nSPS) is 19.8. The number of aliphatic hydroxyl groups excluding tert-OH is 1. The zero-order valence-electron chi connectivity index (χ0n) is 19.6. The number of nitrogens with one attached hydrogen (secondary N) is 2. The first-order valence-electron chi connectivity index (χ1n) is 11.9. The second-order valence-corrected chi connectivity index (χ2v) is 10.7. The molecule has 1 unspecified atom stereocenters. The highest BCUT2D eigenvalue weighted by atomic mass is 32.2. The maximum absolute atomic E-state index is 11.4. The molecular formula is C24H37N5O3S. The first-order chi connectivity index (χ1) is 15.7. The molecule has 1 heterocycles. The van der Waals surface area contributed by atoms with Crippen LogP contribution in [0.4, 0.5) is 17.5 Å². The van der Waals surface area contributed by atoms with E-state index >= 15 is 0 Å². The van der Waals surface area contributed by atoms with Crippen molar-refractivity contribution in [3.8, 4) is 0 Å². The molecule has 0 amide bonds. The lowest BCUT2D eigenvalue weighted by atomic mass is 9.83. The molecule has 0 aliphatic heterocycles. The molecule has 1 aliphatic rings. The maximum Gasteiger partial charge on any atom is 0.238 e. The number of aromatic nitrogens is 2. The summed E-state index contributed by atoms with van der Waals surface area (Å²) >= 11 is 0. The Hall–Kier alpha value is -2.23. The standard InChI is InChI=1S/C24H37N5O3S/c1-3-5-21(30)7-4-6-18-8-10-19(11-9-18)27-23-17(2)16-26-24(29-23)28-20-12-14-22(15-13-20)33(25,31)32/h12-16,18-19,21,30H,3-11H2,1-2H3,(H2,25,31,32)(H2,26,27,28,29). The van der Waals surface area contributed by atoms with E-state index in [9.17, 15) is 13.5 Å². The van der Waals surface area contributed by atoms with Gasteiger partial charge in [0.2, 0.25) is 16.0 Å².